The van der Waals surface area contributed by atoms with Gasteiger partial charge in [0, 0.05) is 25.0 Å². The number of sulfonamides is 1. The third kappa shape index (κ3) is 4.51. The maximum atomic E-state index is 12.9. The lowest BCUT2D eigenvalue weighted by Crippen LogP contribution is -2.37. The van der Waals surface area contributed by atoms with E-state index in [1.807, 2.05) is 25.1 Å². The van der Waals surface area contributed by atoms with E-state index in [1.54, 1.807) is 6.07 Å². The van der Waals surface area contributed by atoms with Crippen molar-refractivity contribution in [2.24, 2.45) is 0 Å². The number of benzene rings is 1. The van der Waals surface area contributed by atoms with Crippen LogP contribution in [-0.2, 0) is 21.4 Å². The second-order valence-electron chi connectivity index (χ2n) is 6.99. The Morgan fingerprint density at radius 3 is 2.39 bits per heavy atom. The molecule has 7 nitrogen and oxygen atoms in total. The Balaban J connectivity index is 1.82. The number of aromatic nitrogens is 1. The highest BCUT2D eigenvalue weighted by Crippen LogP contribution is 2.18. The van der Waals surface area contributed by atoms with Gasteiger partial charge in [-0.15, -0.1) is 0 Å². The van der Waals surface area contributed by atoms with Gasteiger partial charge in [-0.2, -0.15) is 4.31 Å². The zero-order valence-electron chi connectivity index (χ0n) is 15.9. The maximum absolute atomic E-state index is 12.9. The van der Waals surface area contributed by atoms with Gasteiger partial charge in [0.15, 0.2) is 0 Å². The molecule has 0 aliphatic carbocycles. The molecule has 1 saturated heterocycles. The van der Waals surface area contributed by atoms with Gasteiger partial charge >= 0.3 is 0 Å². The quantitative estimate of drug-likeness (QED) is 0.830. The van der Waals surface area contributed by atoms with Gasteiger partial charge < -0.3 is 9.88 Å². The summed E-state index contributed by atoms with van der Waals surface area (Å²) in [5, 5.41) is 2.76. The van der Waals surface area contributed by atoms with Crippen molar-refractivity contribution in [2.45, 2.75) is 44.0 Å². The highest BCUT2D eigenvalue weighted by atomic mass is 32.2. The molecule has 0 atom stereocenters. The van der Waals surface area contributed by atoms with E-state index in [0.717, 1.165) is 35.8 Å². The molecule has 0 radical (unpaired) electrons. The molecule has 3 rings (SSSR count). The van der Waals surface area contributed by atoms with Gasteiger partial charge in [0.25, 0.3) is 5.56 Å². The number of nitrogens with zero attached hydrogens (tertiary/aromatic N) is 2. The highest BCUT2D eigenvalue weighted by molar-refractivity contribution is 7.89. The fourth-order valence-electron chi connectivity index (χ4n) is 3.31. The predicted molar refractivity (Wildman–Crippen MR) is 108 cm³/mol. The molecule has 0 unspecified atom stereocenters. The first-order valence-corrected chi connectivity index (χ1v) is 10.9. The van der Waals surface area contributed by atoms with Crippen LogP contribution >= 0.6 is 0 Å². The number of pyridine rings is 1. The second kappa shape index (κ2) is 8.70. The first-order chi connectivity index (χ1) is 13.4. The van der Waals surface area contributed by atoms with Crippen molar-refractivity contribution in [1.29, 1.82) is 0 Å². The van der Waals surface area contributed by atoms with Crippen LogP contribution in [0.4, 0.5) is 5.69 Å². The fraction of sp³-hybridized carbons (Fsp3) is 0.400. The topological polar surface area (TPSA) is 88.5 Å². The molecule has 1 fully saturated rings. The number of hydrogen-bond acceptors (Lipinski definition) is 4. The molecule has 150 valence electrons. The first kappa shape index (κ1) is 20.3. The zero-order chi connectivity index (χ0) is 20.1. The number of nitrogens with one attached hydrogen (secondary N) is 1. The Bertz CT molecular complexity index is 1010. The molecule has 8 heteroatoms. The minimum absolute atomic E-state index is 0.253. The Morgan fingerprint density at radius 2 is 1.71 bits per heavy atom. The van der Waals surface area contributed by atoms with E-state index in [9.17, 15) is 18.0 Å². The lowest BCUT2D eigenvalue weighted by atomic mass is 10.2. The molecule has 2 heterocycles. The molecule has 0 spiro atoms. The van der Waals surface area contributed by atoms with Crippen molar-refractivity contribution in [1.82, 2.24) is 8.87 Å². The summed E-state index contributed by atoms with van der Waals surface area (Å²) in [6.45, 7) is 2.46. The Hall–Kier alpha value is -2.45. The number of amides is 1. The van der Waals surface area contributed by atoms with Gasteiger partial charge in [-0.3, -0.25) is 9.59 Å². The number of para-hydroxylation sites is 1. The van der Waals surface area contributed by atoms with E-state index in [-0.39, 0.29) is 17.3 Å². The predicted octanol–water partition coefficient (Wildman–Crippen LogP) is 2.36. The molecular formula is C20H25N3O4S. The van der Waals surface area contributed by atoms with E-state index in [2.05, 4.69) is 5.32 Å². The van der Waals surface area contributed by atoms with Crippen molar-refractivity contribution >= 4 is 21.6 Å². The van der Waals surface area contributed by atoms with Gasteiger partial charge in [-0.25, -0.2) is 8.42 Å². The lowest BCUT2D eigenvalue weighted by molar-refractivity contribution is -0.116. The van der Waals surface area contributed by atoms with Crippen molar-refractivity contribution < 1.29 is 13.2 Å². The lowest BCUT2D eigenvalue weighted by Gasteiger charge is -2.20. The first-order valence-electron chi connectivity index (χ1n) is 9.45. The molecule has 28 heavy (non-hydrogen) atoms. The van der Waals surface area contributed by atoms with Crippen LogP contribution < -0.4 is 10.9 Å². The molecule has 1 aromatic heterocycles. The summed E-state index contributed by atoms with van der Waals surface area (Å²) in [6, 6.07) is 10.1. The number of carbonyl (C=O) groups is 1. The van der Waals surface area contributed by atoms with Gasteiger partial charge in [-0.1, -0.05) is 31.0 Å². The van der Waals surface area contributed by atoms with Crippen LogP contribution in [0.5, 0.6) is 0 Å². The van der Waals surface area contributed by atoms with Crippen LogP contribution in [0.15, 0.2) is 52.3 Å². The average Bonchev–Trinajstić information content (AvgIpc) is 2.95. The summed E-state index contributed by atoms with van der Waals surface area (Å²) in [5.41, 5.74) is 0.890. The molecule has 1 aliphatic heterocycles. The van der Waals surface area contributed by atoms with E-state index < -0.39 is 15.6 Å². The SMILES string of the molecule is Cc1ccccc1NC(=O)Cn1cccc(S(=O)(=O)N2CCCCCC2)c1=O. The molecule has 0 saturated carbocycles. The summed E-state index contributed by atoms with van der Waals surface area (Å²) >= 11 is 0. The number of aryl methyl sites for hydroxylation is 1. The van der Waals surface area contributed by atoms with Gasteiger partial charge in [0.2, 0.25) is 15.9 Å². The summed E-state index contributed by atoms with van der Waals surface area (Å²) in [4.78, 5) is 24.9. The minimum Gasteiger partial charge on any atom is -0.324 e. The Morgan fingerprint density at radius 1 is 1.04 bits per heavy atom. The molecule has 1 aromatic carbocycles. The van der Waals surface area contributed by atoms with Crippen molar-refractivity contribution in [3.8, 4) is 0 Å². The number of carbonyl (C=O) groups excluding carboxylic acids is 1. The van der Waals surface area contributed by atoms with E-state index in [1.165, 1.54) is 22.6 Å². The summed E-state index contributed by atoms with van der Waals surface area (Å²) in [7, 11) is -3.87. The van der Waals surface area contributed by atoms with Gasteiger partial charge in [-0.05, 0) is 43.5 Å². The highest BCUT2D eigenvalue weighted by Gasteiger charge is 2.28. The van der Waals surface area contributed by atoms with E-state index in [0.29, 0.717) is 18.8 Å². The average molecular weight is 404 g/mol. The van der Waals surface area contributed by atoms with Crippen LogP contribution in [0.25, 0.3) is 0 Å². The Labute approximate surface area is 165 Å². The minimum atomic E-state index is -3.87. The number of rotatable bonds is 5. The van der Waals surface area contributed by atoms with Crippen LogP contribution in [0.3, 0.4) is 0 Å². The summed E-state index contributed by atoms with van der Waals surface area (Å²) in [5.74, 6) is -0.388. The zero-order valence-corrected chi connectivity index (χ0v) is 16.7. The van der Waals surface area contributed by atoms with Crippen molar-refractivity contribution in [2.75, 3.05) is 18.4 Å². The number of hydrogen-bond donors (Lipinski definition) is 1. The normalized spacial score (nSPS) is 15.8. The monoisotopic (exact) mass is 403 g/mol. The summed E-state index contributed by atoms with van der Waals surface area (Å²) in [6.07, 6.45) is 4.99. The largest absolute Gasteiger partial charge is 0.324 e. The second-order valence-corrected chi connectivity index (χ2v) is 8.89. The van der Waals surface area contributed by atoms with Crippen LogP contribution in [-0.4, -0.2) is 36.3 Å². The van der Waals surface area contributed by atoms with Gasteiger partial charge in [0.1, 0.15) is 11.4 Å². The third-order valence-corrected chi connectivity index (χ3v) is 6.81. The van der Waals surface area contributed by atoms with Crippen LogP contribution in [0, 0.1) is 6.92 Å². The maximum Gasteiger partial charge on any atom is 0.271 e. The standard InChI is InChI=1S/C20H25N3O4S/c1-16-9-4-5-10-17(16)21-19(24)15-22-12-8-11-18(20(22)25)28(26,27)23-13-6-2-3-7-14-23/h4-5,8-12H,2-3,6-7,13-15H2,1H3,(H,21,24). The third-order valence-electron chi connectivity index (χ3n) is 4.90. The smallest absolute Gasteiger partial charge is 0.271 e. The molecule has 1 aliphatic rings. The van der Waals surface area contributed by atoms with Crippen molar-refractivity contribution in [3.63, 3.8) is 0 Å². The van der Waals surface area contributed by atoms with Crippen LogP contribution in [0.1, 0.15) is 31.2 Å². The fourth-order valence-corrected chi connectivity index (χ4v) is 4.92. The summed E-state index contributed by atoms with van der Waals surface area (Å²) < 4.78 is 28.4. The molecule has 2 aromatic rings. The van der Waals surface area contributed by atoms with E-state index in [4.69, 9.17) is 0 Å². The molecule has 1 N–H and O–H groups in total. The van der Waals surface area contributed by atoms with Crippen molar-refractivity contribution in [3.05, 3.63) is 58.5 Å². The Kier molecular flexibility index (Phi) is 6.31. The van der Waals surface area contributed by atoms with E-state index >= 15 is 0 Å². The molecule has 0 bridgehead atoms. The molecule has 1 amide bonds. The van der Waals surface area contributed by atoms with Crippen LogP contribution in [0.2, 0.25) is 0 Å². The molecular weight excluding hydrogens is 378 g/mol. The van der Waals surface area contributed by atoms with Gasteiger partial charge in [0.05, 0.1) is 0 Å². The number of anilines is 1.